The predicted molar refractivity (Wildman–Crippen MR) is 81.2 cm³/mol. The topological polar surface area (TPSA) is 76.4 Å². The second-order valence-corrected chi connectivity index (χ2v) is 4.30. The lowest BCUT2D eigenvalue weighted by Gasteiger charge is -2.13. The Hall–Kier alpha value is -2.69. The summed E-state index contributed by atoms with van der Waals surface area (Å²) in [5.74, 6) is 0.604. The molecule has 5 nitrogen and oxygen atoms in total. The van der Waals surface area contributed by atoms with Gasteiger partial charge in [0.1, 0.15) is 5.75 Å². The molecule has 0 saturated carbocycles. The van der Waals surface area contributed by atoms with Crippen molar-refractivity contribution in [3.63, 3.8) is 0 Å². The molecule has 0 unspecified atom stereocenters. The predicted octanol–water partition coefficient (Wildman–Crippen LogP) is 3.23. The summed E-state index contributed by atoms with van der Waals surface area (Å²) >= 11 is 0. The largest absolute Gasteiger partial charge is 0.495 e. The highest BCUT2D eigenvalue weighted by Gasteiger charge is 2.08. The smallest absolute Gasteiger partial charge is 0.323 e. The van der Waals surface area contributed by atoms with Gasteiger partial charge in [-0.1, -0.05) is 18.2 Å². The van der Waals surface area contributed by atoms with Gasteiger partial charge >= 0.3 is 6.03 Å². The van der Waals surface area contributed by atoms with E-state index in [1.54, 1.807) is 37.4 Å². The van der Waals surface area contributed by atoms with Gasteiger partial charge in [-0.15, -0.1) is 0 Å². The molecule has 0 spiro atoms. The van der Waals surface area contributed by atoms with Crippen LogP contribution in [-0.4, -0.2) is 13.1 Å². The van der Waals surface area contributed by atoms with Crippen LogP contribution in [0, 0.1) is 6.92 Å². The first-order valence-corrected chi connectivity index (χ1v) is 6.18. The van der Waals surface area contributed by atoms with Crippen molar-refractivity contribution in [2.45, 2.75) is 6.92 Å². The van der Waals surface area contributed by atoms with Crippen LogP contribution in [0.2, 0.25) is 0 Å². The Labute approximate surface area is 117 Å². The van der Waals surface area contributed by atoms with Crippen LogP contribution in [-0.2, 0) is 0 Å². The number of nitrogen functional groups attached to an aromatic ring is 1. The average molecular weight is 271 g/mol. The lowest BCUT2D eigenvalue weighted by molar-refractivity contribution is 0.262. The number of nitrogens with two attached hydrogens (primary N) is 1. The van der Waals surface area contributed by atoms with E-state index in [-0.39, 0.29) is 6.03 Å². The van der Waals surface area contributed by atoms with Gasteiger partial charge < -0.3 is 21.1 Å². The van der Waals surface area contributed by atoms with Crippen molar-refractivity contribution >= 4 is 23.1 Å². The van der Waals surface area contributed by atoms with E-state index in [0.29, 0.717) is 22.8 Å². The van der Waals surface area contributed by atoms with Crippen molar-refractivity contribution in [2.75, 3.05) is 23.5 Å². The summed E-state index contributed by atoms with van der Waals surface area (Å²) in [6, 6.07) is 12.2. The number of amides is 2. The Bertz CT molecular complexity index is 626. The fourth-order valence-corrected chi connectivity index (χ4v) is 1.81. The summed E-state index contributed by atoms with van der Waals surface area (Å²) in [5, 5.41) is 5.51. The zero-order valence-corrected chi connectivity index (χ0v) is 11.4. The van der Waals surface area contributed by atoms with Crippen molar-refractivity contribution in [1.82, 2.24) is 0 Å². The number of carbonyl (C=O) groups excluding carboxylic acids is 1. The molecule has 5 heteroatoms. The lowest BCUT2D eigenvalue weighted by atomic mass is 10.1. The average Bonchev–Trinajstić information content (AvgIpc) is 2.44. The fourth-order valence-electron chi connectivity index (χ4n) is 1.81. The number of para-hydroxylation sites is 2. The number of hydrogen-bond acceptors (Lipinski definition) is 3. The van der Waals surface area contributed by atoms with E-state index < -0.39 is 0 Å². The van der Waals surface area contributed by atoms with Gasteiger partial charge in [-0.25, -0.2) is 4.79 Å². The molecular formula is C15H17N3O2. The molecule has 2 rings (SSSR count). The van der Waals surface area contributed by atoms with Gasteiger partial charge in [0, 0.05) is 11.4 Å². The van der Waals surface area contributed by atoms with Gasteiger partial charge in [0.25, 0.3) is 0 Å². The van der Waals surface area contributed by atoms with E-state index in [2.05, 4.69) is 10.6 Å². The normalized spacial score (nSPS) is 9.90. The third-order valence-electron chi connectivity index (χ3n) is 2.98. The molecule has 0 aliphatic heterocycles. The molecule has 2 aromatic carbocycles. The monoisotopic (exact) mass is 271 g/mol. The van der Waals surface area contributed by atoms with Crippen LogP contribution in [0.4, 0.5) is 21.9 Å². The minimum Gasteiger partial charge on any atom is -0.495 e. The Balaban J connectivity index is 2.11. The van der Waals surface area contributed by atoms with Crippen LogP contribution in [0.5, 0.6) is 5.75 Å². The van der Waals surface area contributed by atoms with Crippen molar-refractivity contribution < 1.29 is 9.53 Å². The number of hydrogen-bond donors (Lipinski definition) is 3. The van der Waals surface area contributed by atoms with Crippen molar-refractivity contribution in [3.05, 3.63) is 48.0 Å². The molecule has 2 aromatic rings. The highest BCUT2D eigenvalue weighted by atomic mass is 16.5. The first kappa shape index (κ1) is 13.7. The second kappa shape index (κ2) is 5.97. The number of nitrogens with one attached hydrogen (secondary N) is 2. The summed E-state index contributed by atoms with van der Waals surface area (Å²) < 4.78 is 5.18. The van der Waals surface area contributed by atoms with Gasteiger partial charge in [0.2, 0.25) is 0 Å². The van der Waals surface area contributed by atoms with Gasteiger partial charge in [-0.05, 0) is 36.8 Å². The van der Waals surface area contributed by atoms with Crippen LogP contribution in [0.1, 0.15) is 5.56 Å². The van der Waals surface area contributed by atoms with Gasteiger partial charge in [0.05, 0.1) is 12.8 Å². The Morgan fingerprint density at radius 1 is 1.05 bits per heavy atom. The Kier molecular flexibility index (Phi) is 4.10. The Morgan fingerprint density at radius 2 is 1.70 bits per heavy atom. The van der Waals surface area contributed by atoms with Crippen LogP contribution in [0.15, 0.2) is 42.5 Å². The van der Waals surface area contributed by atoms with Gasteiger partial charge in [-0.2, -0.15) is 0 Å². The molecule has 104 valence electrons. The second-order valence-electron chi connectivity index (χ2n) is 4.30. The van der Waals surface area contributed by atoms with E-state index in [9.17, 15) is 4.79 Å². The van der Waals surface area contributed by atoms with Crippen LogP contribution >= 0.6 is 0 Å². The Morgan fingerprint density at radius 3 is 2.45 bits per heavy atom. The van der Waals surface area contributed by atoms with Crippen molar-refractivity contribution in [3.8, 4) is 5.75 Å². The maximum Gasteiger partial charge on any atom is 0.323 e. The SMILES string of the molecule is COc1ccccc1NC(=O)Nc1cccc(N)c1C. The minimum atomic E-state index is -0.344. The molecule has 0 aromatic heterocycles. The molecule has 0 saturated heterocycles. The maximum atomic E-state index is 12.0. The molecular weight excluding hydrogens is 254 g/mol. The highest BCUT2D eigenvalue weighted by Crippen LogP contribution is 2.24. The number of methoxy groups -OCH3 is 1. The molecule has 0 bridgehead atoms. The molecule has 0 fully saturated rings. The summed E-state index contributed by atoms with van der Waals surface area (Å²) in [6.45, 7) is 1.86. The van der Waals surface area contributed by atoms with Crippen LogP contribution in [0.25, 0.3) is 0 Å². The lowest BCUT2D eigenvalue weighted by Crippen LogP contribution is -2.20. The first-order chi connectivity index (χ1) is 9.61. The van der Waals surface area contributed by atoms with Gasteiger partial charge in [0.15, 0.2) is 0 Å². The van der Waals surface area contributed by atoms with E-state index in [1.807, 2.05) is 19.1 Å². The van der Waals surface area contributed by atoms with Crippen LogP contribution in [0.3, 0.4) is 0 Å². The molecule has 0 aliphatic rings. The van der Waals surface area contributed by atoms with E-state index in [1.165, 1.54) is 0 Å². The molecule has 0 radical (unpaired) electrons. The molecule has 0 atom stereocenters. The zero-order chi connectivity index (χ0) is 14.5. The molecule has 0 heterocycles. The number of ether oxygens (including phenoxy) is 1. The number of urea groups is 1. The fraction of sp³-hybridized carbons (Fsp3) is 0.133. The molecule has 4 N–H and O–H groups in total. The van der Waals surface area contributed by atoms with E-state index in [0.717, 1.165) is 5.56 Å². The van der Waals surface area contributed by atoms with Crippen molar-refractivity contribution in [1.29, 1.82) is 0 Å². The number of carbonyl (C=O) groups is 1. The minimum absolute atomic E-state index is 0.344. The third kappa shape index (κ3) is 3.00. The molecule has 20 heavy (non-hydrogen) atoms. The standard InChI is InChI=1S/C15H17N3O2/c1-10-11(16)6-5-8-12(10)17-15(19)18-13-7-3-4-9-14(13)20-2/h3-9H,16H2,1-2H3,(H2,17,18,19). The van der Waals surface area contributed by atoms with Crippen LogP contribution < -0.4 is 21.1 Å². The summed E-state index contributed by atoms with van der Waals surface area (Å²) in [7, 11) is 1.56. The molecule has 0 aliphatic carbocycles. The molecule has 2 amide bonds. The van der Waals surface area contributed by atoms with E-state index in [4.69, 9.17) is 10.5 Å². The van der Waals surface area contributed by atoms with E-state index >= 15 is 0 Å². The number of anilines is 3. The third-order valence-corrected chi connectivity index (χ3v) is 2.98. The first-order valence-electron chi connectivity index (χ1n) is 6.18. The highest BCUT2D eigenvalue weighted by molar-refractivity contribution is 6.01. The zero-order valence-electron chi connectivity index (χ0n) is 11.4. The maximum absolute atomic E-state index is 12.0. The summed E-state index contributed by atoms with van der Waals surface area (Å²) in [4.78, 5) is 12.0. The number of benzene rings is 2. The quantitative estimate of drug-likeness (QED) is 0.750. The summed E-state index contributed by atoms with van der Waals surface area (Å²) in [5.41, 5.74) is 8.56. The summed E-state index contributed by atoms with van der Waals surface area (Å²) in [6.07, 6.45) is 0. The number of rotatable bonds is 3. The van der Waals surface area contributed by atoms with Crippen molar-refractivity contribution in [2.24, 2.45) is 0 Å². The van der Waals surface area contributed by atoms with Gasteiger partial charge in [-0.3, -0.25) is 0 Å².